The van der Waals surface area contributed by atoms with E-state index in [9.17, 15) is 4.79 Å². The van der Waals surface area contributed by atoms with Crippen molar-refractivity contribution in [3.8, 4) is 0 Å². The zero-order chi connectivity index (χ0) is 14.7. The van der Waals surface area contributed by atoms with Gasteiger partial charge < -0.3 is 4.90 Å². The van der Waals surface area contributed by atoms with Crippen molar-refractivity contribution in [2.24, 2.45) is 0 Å². The number of aryl methyl sites for hydroxylation is 1. The van der Waals surface area contributed by atoms with Crippen LogP contribution >= 0.6 is 15.9 Å². The third kappa shape index (κ3) is 3.28. The van der Waals surface area contributed by atoms with E-state index in [1.807, 2.05) is 38.2 Å². The van der Waals surface area contributed by atoms with Gasteiger partial charge in [0, 0.05) is 17.1 Å². The van der Waals surface area contributed by atoms with Crippen LogP contribution in [-0.2, 0) is 0 Å². The lowest BCUT2D eigenvalue weighted by atomic mass is 10.0. The molecule has 0 saturated carbocycles. The number of benzene rings is 2. The second-order valence-electron chi connectivity index (χ2n) is 5.01. The van der Waals surface area contributed by atoms with E-state index in [4.69, 9.17) is 0 Å². The van der Waals surface area contributed by atoms with E-state index >= 15 is 0 Å². The number of amides is 1. The lowest BCUT2D eigenvalue weighted by molar-refractivity contribution is 0.0742. The molecule has 2 aromatic carbocycles. The molecule has 0 bridgehead atoms. The molecule has 2 aromatic rings. The lowest BCUT2D eigenvalue weighted by Crippen LogP contribution is -2.29. The Labute approximate surface area is 128 Å². The van der Waals surface area contributed by atoms with Gasteiger partial charge in [-0.15, -0.1) is 0 Å². The van der Waals surface area contributed by atoms with Crippen LogP contribution in [0.3, 0.4) is 0 Å². The highest BCUT2D eigenvalue weighted by atomic mass is 79.9. The Hall–Kier alpha value is -1.61. The van der Waals surface area contributed by atoms with Crippen molar-refractivity contribution in [1.29, 1.82) is 0 Å². The van der Waals surface area contributed by atoms with Gasteiger partial charge in [-0.25, -0.2) is 0 Å². The molecule has 0 aliphatic rings. The van der Waals surface area contributed by atoms with Crippen LogP contribution in [0.4, 0.5) is 0 Å². The van der Waals surface area contributed by atoms with Gasteiger partial charge in [0.2, 0.25) is 0 Å². The van der Waals surface area contributed by atoms with E-state index < -0.39 is 0 Å². The Balaban J connectivity index is 2.17. The summed E-state index contributed by atoms with van der Waals surface area (Å²) in [4.78, 5) is 14.2. The molecule has 0 saturated heterocycles. The summed E-state index contributed by atoms with van der Waals surface area (Å²) >= 11 is 3.38. The van der Waals surface area contributed by atoms with Crippen LogP contribution in [-0.4, -0.2) is 17.9 Å². The van der Waals surface area contributed by atoms with Crippen molar-refractivity contribution >= 4 is 21.8 Å². The monoisotopic (exact) mass is 331 g/mol. The molecular weight excluding hydrogens is 314 g/mol. The number of nitrogens with zero attached hydrogens (tertiary/aromatic N) is 1. The van der Waals surface area contributed by atoms with E-state index in [0.29, 0.717) is 5.56 Å². The third-order valence-electron chi connectivity index (χ3n) is 3.55. The molecule has 0 N–H and O–H groups in total. The number of halogens is 1. The van der Waals surface area contributed by atoms with E-state index in [1.54, 1.807) is 4.90 Å². The number of hydrogen-bond donors (Lipinski definition) is 0. The minimum Gasteiger partial charge on any atom is -0.335 e. The molecular formula is C17H18BrNO. The average molecular weight is 332 g/mol. The number of rotatable bonds is 3. The van der Waals surface area contributed by atoms with Crippen LogP contribution in [0.15, 0.2) is 53.0 Å². The summed E-state index contributed by atoms with van der Waals surface area (Å²) in [6, 6.07) is 15.8. The van der Waals surface area contributed by atoms with Gasteiger partial charge in [0.25, 0.3) is 5.91 Å². The predicted molar refractivity (Wildman–Crippen MR) is 85.8 cm³/mol. The van der Waals surface area contributed by atoms with E-state index in [0.717, 1.165) is 10.0 Å². The normalized spacial score (nSPS) is 12.0. The molecule has 104 valence electrons. The molecule has 0 fully saturated rings. The molecule has 2 nitrogen and oxygen atoms in total. The highest BCUT2D eigenvalue weighted by Crippen LogP contribution is 2.21. The largest absolute Gasteiger partial charge is 0.335 e. The van der Waals surface area contributed by atoms with Crippen LogP contribution in [0.5, 0.6) is 0 Å². The average Bonchev–Trinajstić information content (AvgIpc) is 2.46. The van der Waals surface area contributed by atoms with E-state index in [2.05, 4.69) is 47.1 Å². The standard InChI is InChI=1S/C17H18BrNO/c1-12-4-6-14(7-5-12)13(2)19(3)17(20)15-8-10-16(18)11-9-15/h4-11,13H,1-3H3. The first-order valence-electron chi connectivity index (χ1n) is 6.58. The first-order chi connectivity index (χ1) is 9.49. The van der Waals surface area contributed by atoms with Crippen LogP contribution in [0.1, 0.15) is 34.5 Å². The first-order valence-corrected chi connectivity index (χ1v) is 7.37. The Kier molecular flexibility index (Phi) is 4.61. The minimum atomic E-state index is 0.0329. The summed E-state index contributed by atoms with van der Waals surface area (Å²) in [6.45, 7) is 4.10. The molecule has 0 heterocycles. The summed E-state index contributed by atoms with van der Waals surface area (Å²) in [6.07, 6.45) is 0. The summed E-state index contributed by atoms with van der Waals surface area (Å²) in [7, 11) is 1.84. The molecule has 1 atom stereocenters. The van der Waals surface area contributed by atoms with E-state index in [-0.39, 0.29) is 11.9 Å². The molecule has 0 radical (unpaired) electrons. The van der Waals surface area contributed by atoms with Gasteiger partial charge in [-0.1, -0.05) is 45.8 Å². The third-order valence-corrected chi connectivity index (χ3v) is 4.08. The zero-order valence-corrected chi connectivity index (χ0v) is 13.5. The Morgan fingerprint density at radius 3 is 2.15 bits per heavy atom. The smallest absolute Gasteiger partial charge is 0.254 e. The van der Waals surface area contributed by atoms with Gasteiger partial charge in [-0.2, -0.15) is 0 Å². The van der Waals surface area contributed by atoms with Crippen LogP contribution in [0, 0.1) is 6.92 Å². The van der Waals surface area contributed by atoms with Gasteiger partial charge in [-0.05, 0) is 43.7 Å². The molecule has 1 amide bonds. The summed E-state index contributed by atoms with van der Waals surface area (Å²) in [5.74, 6) is 0.0329. The molecule has 0 aromatic heterocycles. The number of carbonyl (C=O) groups excluding carboxylic acids is 1. The lowest BCUT2D eigenvalue weighted by Gasteiger charge is -2.25. The summed E-state index contributed by atoms with van der Waals surface area (Å²) in [5, 5.41) is 0. The van der Waals surface area contributed by atoms with Crippen molar-refractivity contribution in [3.63, 3.8) is 0 Å². The Bertz CT molecular complexity index is 589. The van der Waals surface area contributed by atoms with Crippen LogP contribution in [0.25, 0.3) is 0 Å². The van der Waals surface area contributed by atoms with Gasteiger partial charge in [-0.3, -0.25) is 4.79 Å². The second kappa shape index (κ2) is 6.23. The van der Waals surface area contributed by atoms with Crippen LogP contribution < -0.4 is 0 Å². The van der Waals surface area contributed by atoms with Gasteiger partial charge in [0.1, 0.15) is 0 Å². The number of hydrogen-bond acceptors (Lipinski definition) is 1. The molecule has 0 aliphatic heterocycles. The Morgan fingerprint density at radius 2 is 1.60 bits per heavy atom. The summed E-state index contributed by atoms with van der Waals surface area (Å²) < 4.78 is 0.975. The quantitative estimate of drug-likeness (QED) is 0.805. The molecule has 20 heavy (non-hydrogen) atoms. The Morgan fingerprint density at radius 1 is 1.05 bits per heavy atom. The molecule has 3 heteroatoms. The van der Waals surface area contributed by atoms with Gasteiger partial charge in [0.15, 0.2) is 0 Å². The fourth-order valence-electron chi connectivity index (χ4n) is 2.04. The fraction of sp³-hybridized carbons (Fsp3) is 0.235. The van der Waals surface area contributed by atoms with E-state index in [1.165, 1.54) is 5.56 Å². The predicted octanol–water partition coefficient (Wildman–Crippen LogP) is 4.59. The highest BCUT2D eigenvalue weighted by Gasteiger charge is 2.18. The molecule has 0 spiro atoms. The fourth-order valence-corrected chi connectivity index (χ4v) is 2.30. The zero-order valence-electron chi connectivity index (χ0n) is 11.9. The topological polar surface area (TPSA) is 20.3 Å². The van der Waals surface area contributed by atoms with Crippen LogP contribution in [0.2, 0.25) is 0 Å². The highest BCUT2D eigenvalue weighted by molar-refractivity contribution is 9.10. The SMILES string of the molecule is Cc1ccc(C(C)N(C)C(=O)c2ccc(Br)cc2)cc1. The maximum atomic E-state index is 12.4. The van der Waals surface area contributed by atoms with Gasteiger partial charge in [0.05, 0.1) is 6.04 Å². The summed E-state index contributed by atoms with van der Waals surface area (Å²) in [5.41, 5.74) is 3.07. The van der Waals surface area contributed by atoms with Crippen molar-refractivity contribution in [2.45, 2.75) is 19.9 Å². The maximum Gasteiger partial charge on any atom is 0.254 e. The molecule has 1 unspecified atom stereocenters. The maximum absolute atomic E-state index is 12.4. The van der Waals surface area contributed by atoms with Crippen molar-refractivity contribution in [3.05, 3.63) is 69.7 Å². The molecule has 2 rings (SSSR count). The van der Waals surface area contributed by atoms with Crippen molar-refractivity contribution in [2.75, 3.05) is 7.05 Å². The second-order valence-corrected chi connectivity index (χ2v) is 5.93. The van der Waals surface area contributed by atoms with Gasteiger partial charge >= 0.3 is 0 Å². The minimum absolute atomic E-state index is 0.0329. The first kappa shape index (κ1) is 14.8. The van der Waals surface area contributed by atoms with Crippen molar-refractivity contribution in [1.82, 2.24) is 4.90 Å². The van der Waals surface area contributed by atoms with Crippen molar-refractivity contribution < 1.29 is 4.79 Å². The number of carbonyl (C=O) groups is 1. The molecule has 0 aliphatic carbocycles.